The van der Waals surface area contributed by atoms with Gasteiger partial charge < -0.3 is 5.11 Å². The standard InChI is InChI=1S/C15H14F2O/c1-9-3-4-13(14(17)7-9)15(18)11-5-10(2)6-12(16)8-11/h3-8,15,18H,1-2H3. The summed E-state index contributed by atoms with van der Waals surface area (Å²) in [7, 11) is 0. The number of aliphatic hydroxyl groups excluding tert-OH is 1. The predicted octanol–water partition coefficient (Wildman–Crippen LogP) is 3.66. The lowest BCUT2D eigenvalue weighted by Crippen LogP contribution is -2.03. The van der Waals surface area contributed by atoms with Crippen molar-refractivity contribution in [3.63, 3.8) is 0 Å². The Kier molecular flexibility index (Phi) is 3.43. The number of halogens is 2. The highest BCUT2D eigenvalue weighted by molar-refractivity contribution is 5.34. The quantitative estimate of drug-likeness (QED) is 0.859. The fourth-order valence-corrected chi connectivity index (χ4v) is 1.96. The van der Waals surface area contributed by atoms with Gasteiger partial charge in [-0.2, -0.15) is 0 Å². The number of rotatable bonds is 2. The first kappa shape index (κ1) is 12.7. The van der Waals surface area contributed by atoms with Crippen molar-refractivity contribution in [1.29, 1.82) is 0 Å². The second kappa shape index (κ2) is 4.86. The van der Waals surface area contributed by atoms with Crippen LogP contribution in [0, 0.1) is 25.5 Å². The van der Waals surface area contributed by atoms with Crippen molar-refractivity contribution in [2.24, 2.45) is 0 Å². The third-order valence-corrected chi connectivity index (χ3v) is 2.83. The van der Waals surface area contributed by atoms with E-state index in [9.17, 15) is 13.9 Å². The Bertz CT molecular complexity index is 558. The van der Waals surface area contributed by atoms with Crippen molar-refractivity contribution in [3.05, 3.63) is 70.3 Å². The summed E-state index contributed by atoms with van der Waals surface area (Å²) in [5.41, 5.74) is 1.98. The average Bonchev–Trinajstić information content (AvgIpc) is 2.26. The molecule has 0 heterocycles. The third-order valence-electron chi connectivity index (χ3n) is 2.83. The van der Waals surface area contributed by atoms with Gasteiger partial charge in [0.2, 0.25) is 0 Å². The summed E-state index contributed by atoms with van der Waals surface area (Å²) in [6, 6.07) is 8.82. The van der Waals surface area contributed by atoms with Crippen molar-refractivity contribution in [2.45, 2.75) is 20.0 Å². The molecule has 0 spiro atoms. The number of aliphatic hydroxyl groups is 1. The van der Waals surface area contributed by atoms with Crippen LogP contribution in [0.15, 0.2) is 36.4 Å². The van der Waals surface area contributed by atoms with Crippen LogP contribution in [0.1, 0.15) is 28.4 Å². The Balaban J connectivity index is 2.44. The van der Waals surface area contributed by atoms with Crippen LogP contribution < -0.4 is 0 Å². The molecule has 1 unspecified atom stereocenters. The summed E-state index contributed by atoms with van der Waals surface area (Å²) in [6.07, 6.45) is -1.15. The second-order valence-electron chi connectivity index (χ2n) is 4.49. The molecule has 18 heavy (non-hydrogen) atoms. The third kappa shape index (κ3) is 2.57. The molecule has 1 atom stereocenters. The zero-order chi connectivity index (χ0) is 13.3. The minimum absolute atomic E-state index is 0.158. The van der Waals surface area contributed by atoms with Gasteiger partial charge in [0.15, 0.2) is 0 Å². The Labute approximate surface area is 105 Å². The summed E-state index contributed by atoms with van der Waals surface area (Å²) in [4.78, 5) is 0. The fourth-order valence-electron chi connectivity index (χ4n) is 1.96. The van der Waals surface area contributed by atoms with Gasteiger partial charge >= 0.3 is 0 Å². The van der Waals surface area contributed by atoms with E-state index in [2.05, 4.69) is 0 Å². The lowest BCUT2D eigenvalue weighted by Gasteiger charge is -2.13. The molecule has 0 saturated heterocycles. The number of benzene rings is 2. The van der Waals surface area contributed by atoms with Crippen LogP contribution in [0.2, 0.25) is 0 Å². The van der Waals surface area contributed by atoms with Gasteiger partial charge in [-0.1, -0.05) is 18.2 Å². The molecule has 0 fully saturated rings. The maximum absolute atomic E-state index is 13.7. The van der Waals surface area contributed by atoms with E-state index in [1.165, 1.54) is 24.3 Å². The van der Waals surface area contributed by atoms with Crippen molar-refractivity contribution in [2.75, 3.05) is 0 Å². The van der Waals surface area contributed by atoms with E-state index in [-0.39, 0.29) is 5.56 Å². The molecule has 1 N–H and O–H groups in total. The van der Waals surface area contributed by atoms with E-state index in [1.54, 1.807) is 26.0 Å². The molecule has 3 heteroatoms. The fraction of sp³-hybridized carbons (Fsp3) is 0.200. The summed E-state index contributed by atoms with van der Waals surface area (Å²) in [6.45, 7) is 3.50. The molecule has 0 saturated carbocycles. The van der Waals surface area contributed by atoms with Gasteiger partial charge in [0.1, 0.15) is 17.7 Å². The summed E-state index contributed by atoms with van der Waals surface area (Å²) >= 11 is 0. The van der Waals surface area contributed by atoms with Crippen molar-refractivity contribution >= 4 is 0 Å². The highest BCUT2D eigenvalue weighted by atomic mass is 19.1. The lowest BCUT2D eigenvalue weighted by atomic mass is 9.98. The van der Waals surface area contributed by atoms with Gasteiger partial charge in [-0.3, -0.25) is 0 Å². The largest absolute Gasteiger partial charge is 0.384 e. The highest BCUT2D eigenvalue weighted by Crippen LogP contribution is 2.26. The topological polar surface area (TPSA) is 20.2 Å². The van der Waals surface area contributed by atoms with E-state index in [0.717, 1.165) is 5.56 Å². The van der Waals surface area contributed by atoms with E-state index in [0.29, 0.717) is 11.1 Å². The molecule has 0 radical (unpaired) electrons. The first-order chi connectivity index (χ1) is 8.47. The number of aryl methyl sites for hydroxylation is 2. The smallest absolute Gasteiger partial charge is 0.129 e. The Morgan fingerprint density at radius 2 is 1.67 bits per heavy atom. The van der Waals surface area contributed by atoms with Gasteiger partial charge in [0.05, 0.1) is 0 Å². The minimum Gasteiger partial charge on any atom is -0.384 e. The Hall–Kier alpha value is -1.74. The molecule has 0 aliphatic carbocycles. The van der Waals surface area contributed by atoms with Gasteiger partial charge in [-0.05, 0) is 48.7 Å². The molecular formula is C15H14F2O. The molecule has 0 bridgehead atoms. The van der Waals surface area contributed by atoms with E-state index < -0.39 is 17.7 Å². The van der Waals surface area contributed by atoms with Crippen LogP contribution in [0.25, 0.3) is 0 Å². The van der Waals surface area contributed by atoms with Crippen LogP contribution >= 0.6 is 0 Å². The summed E-state index contributed by atoms with van der Waals surface area (Å²) in [5, 5.41) is 10.1. The monoisotopic (exact) mass is 248 g/mol. The molecule has 0 aromatic heterocycles. The van der Waals surface area contributed by atoms with Gasteiger partial charge in [-0.25, -0.2) is 8.78 Å². The maximum Gasteiger partial charge on any atom is 0.129 e. The van der Waals surface area contributed by atoms with Gasteiger partial charge in [0, 0.05) is 5.56 Å². The second-order valence-corrected chi connectivity index (χ2v) is 4.49. The minimum atomic E-state index is -1.15. The zero-order valence-corrected chi connectivity index (χ0v) is 10.2. The Morgan fingerprint density at radius 1 is 0.944 bits per heavy atom. The molecule has 0 amide bonds. The molecule has 1 nitrogen and oxygen atoms in total. The number of hydrogen-bond acceptors (Lipinski definition) is 1. The molecule has 2 aromatic rings. The van der Waals surface area contributed by atoms with E-state index in [4.69, 9.17) is 0 Å². The first-order valence-corrected chi connectivity index (χ1v) is 5.68. The predicted molar refractivity (Wildman–Crippen MR) is 66.3 cm³/mol. The van der Waals surface area contributed by atoms with Crippen molar-refractivity contribution in [1.82, 2.24) is 0 Å². The van der Waals surface area contributed by atoms with Crippen LogP contribution in [0.4, 0.5) is 8.78 Å². The summed E-state index contributed by atoms with van der Waals surface area (Å²) < 4.78 is 27.0. The van der Waals surface area contributed by atoms with Crippen LogP contribution in [0.3, 0.4) is 0 Å². The molecule has 0 aliphatic heterocycles. The number of hydrogen-bond donors (Lipinski definition) is 1. The van der Waals surface area contributed by atoms with Crippen LogP contribution in [0.5, 0.6) is 0 Å². The van der Waals surface area contributed by atoms with Crippen LogP contribution in [-0.2, 0) is 0 Å². The SMILES string of the molecule is Cc1cc(F)cc(C(O)c2ccc(C)cc2F)c1. The van der Waals surface area contributed by atoms with Gasteiger partial charge in [0.25, 0.3) is 0 Å². The molecule has 94 valence electrons. The van der Waals surface area contributed by atoms with Crippen molar-refractivity contribution in [3.8, 4) is 0 Å². The molecule has 2 aromatic carbocycles. The molecule has 0 aliphatic rings. The average molecular weight is 248 g/mol. The zero-order valence-electron chi connectivity index (χ0n) is 10.2. The first-order valence-electron chi connectivity index (χ1n) is 5.68. The maximum atomic E-state index is 13.7. The molecular weight excluding hydrogens is 234 g/mol. The van der Waals surface area contributed by atoms with E-state index in [1.807, 2.05) is 0 Å². The molecule has 2 rings (SSSR count). The highest BCUT2D eigenvalue weighted by Gasteiger charge is 2.16. The van der Waals surface area contributed by atoms with Crippen LogP contribution in [-0.4, -0.2) is 5.11 Å². The summed E-state index contributed by atoms with van der Waals surface area (Å²) in [5.74, 6) is -0.916. The normalized spacial score (nSPS) is 12.5. The van der Waals surface area contributed by atoms with E-state index >= 15 is 0 Å². The van der Waals surface area contributed by atoms with Crippen molar-refractivity contribution < 1.29 is 13.9 Å². The lowest BCUT2D eigenvalue weighted by molar-refractivity contribution is 0.214. The Morgan fingerprint density at radius 3 is 2.28 bits per heavy atom. The van der Waals surface area contributed by atoms with Gasteiger partial charge in [-0.15, -0.1) is 0 Å².